The molecule has 2 heterocycles. The van der Waals surface area contributed by atoms with Crippen LogP contribution in [0.5, 0.6) is 5.75 Å². The van der Waals surface area contributed by atoms with Crippen molar-refractivity contribution in [3.8, 4) is 5.75 Å². The molecule has 2 aliphatic rings. The van der Waals surface area contributed by atoms with E-state index >= 15 is 0 Å². The Morgan fingerprint density at radius 2 is 2.04 bits per heavy atom. The highest BCUT2D eigenvalue weighted by atomic mass is 16.5. The highest BCUT2D eigenvalue weighted by Crippen LogP contribution is 2.27. The molecular weight excluding hydrogens is 344 g/mol. The molecule has 0 N–H and O–H groups in total. The molecule has 1 aromatic rings. The maximum Gasteiger partial charge on any atom is 0.317 e. The summed E-state index contributed by atoms with van der Waals surface area (Å²) < 4.78 is 17.0. The first-order valence-electron chi connectivity index (χ1n) is 9.99. The van der Waals surface area contributed by atoms with E-state index in [9.17, 15) is 4.79 Å². The predicted molar refractivity (Wildman–Crippen MR) is 104 cm³/mol. The van der Waals surface area contributed by atoms with Crippen LogP contribution in [0.25, 0.3) is 0 Å². The number of rotatable bonds is 6. The third-order valence-corrected chi connectivity index (χ3v) is 4.77. The smallest absolute Gasteiger partial charge is 0.317 e. The Morgan fingerprint density at radius 3 is 2.74 bits per heavy atom. The molecule has 0 bridgehead atoms. The van der Waals surface area contributed by atoms with Crippen LogP contribution in [0.15, 0.2) is 29.4 Å². The fourth-order valence-corrected chi connectivity index (χ4v) is 3.50. The summed E-state index contributed by atoms with van der Waals surface area (Å²) in [4.78, 5) is 12.5. The number of carbonyl (C=O) groups excluding carboxylic acids is 1. The lowest BCUT2D eigenvalue weighted by molar-refractivity contribution is -0.146. The second kappa shape index (κ2) is 9.22. The van der Waals surface area contributed by atoms with Gasteiger partial charge in [-0.25, -0.2) is 0 Å². The van der Waals surface area contributed by atoms with E-state index in [4.69, 9.17) is 19.3 Å². The summed E-state index contributed by atoms with van der Waals surface area (Å²) in [7, 11) is 0. The van der Waals surface area contributed by atoms with E-state index < -0.39 is 5.92 Å². The minimum Gasteiger partial charge on any atom is -0.491 e. The number of esters is 1. The standard InChI is InChI=1S/C21H30N2O4/c1-4-25-21(24)18-14-23(19-8-6-5-7-13-26-19)22-20(18)16-9-11-17(12-10-16)27-15(2)3/h9-12,15,18-19H,4-8,13-14H2,1-3H3. The first-order valence-corrected chi connectivity index (χ1v) is 9.99. The van der Waals surface area contributed by atoms with Gasteiger partial charge in [-0.15, -0.1) is 0 Å². The zero-order chi connectivity index (χ0) is 19.2. The maximum absolute atomic E-state index is 12.5. The van der Waals surface area contributed by atoms with Crippen molar-refractivity contribution in [3.63, 3.8) is 0 Å². The van der Waals surface area contributed by atoms with E-state index in [1.807, 2.05) is 50.0 Å². The Labute approximate surface area is 161 Å². The van der Waals surface area contributed by atoms with Crippen molar-refractivity contribution >= 4 is 11.7 Å². The molecule has 0 amide bonds. The van der Waals surface area contributed by atoms with Crippen LogP contribution in [-0.2, 0) is 14.3 Å². The molecule has 2 unspecified atom stereocenters. The number of hydrazone groups is 1. The van der Waals surface area contributed by atoms with Gasteiger partial charge in [0.05, 0.1) is 25.0 Å². The van der Waals surface area contributed by atoms with Gasteiger partial charge < -0.3 is 14.2 Å². The monoisotopic (exact) mass is 374 g/mol. The van der Waals surface area contributed by atoms with Gasteiger partial charge in [0.15, 0.2) is 0 Å². The summed E-state index contributed by atoms with van der Waals surface area (Å²) in [5.41, 5.74) is 1.66. The Hall–Kier alpha value is -2.08. The molecule has 148 valence electrons. The van der Waals surface area contributed by atoms with Gasteiger partial charge >= 0.3 is 5.97 Å². The molecule has 2 atom stereocenters. The highest BCUT2D eigenvalue weighted by Gasteiger charge is 2.37. The van der Waals surface area contributed by atoms with Crippen LogP contribution in [0.3, 0.4) is 0 Å². The van der Waals surface area contributed by atoms with E-state index in [2.05, 4.69) is 0 Å². The molecule has 0 radical (unpaired) electrons. The fourth-order valence-electron chi connectivity index (χ4n) is 3.50. The van der Waals surface area contributed by atoms with Crippen molar-refractivity contribution in [3.05, 3.63) is 29.8 Å². The van der Waals surface area contributed by atoms with Crippen LogP contribution in [-0.4, -0.2) is 48.8 Å². The molecule has 1 saturated heterocycles. The molecular formula is C21H30N2O4. The van der Waals surface area contributed by atoms with Gasteiger partial charge in [-0.1, -0.05) is 6.42 Å². The van der Waals surface area contributed by atoms with E-state index in [-0.39, 0.29) is 18.3 Å². The van der Waals surface area contributed by atoms with E-state index in [0.29, 0.717) is 13.2 Å². The van der Waals surface area contributed by atoms with Crippen molar-refractivity contribution in [2.75, 3.05) is 19.8 Å². The van der Waals surface area contributed by atoms with Crippen LogP contribution in [0.4, 0.5) is 0 Å². The maximum atomic E-state index is 12.5. The molecule has 6 heteroatoms. The molecule has 0 spiro atoms. The van der Waals surface area contributed by atoms with Crippen LogP contribution in [0.1, 0.15) is 52.0 Å². The summed E-state index contributed by atoms with van der Waals surface area (Å²) in [5.74, 6) is 0.188. The molecule has 27 heavy (non-hydrogen) atoms. The molecule has 6 nitrogen and oxygen atoms in total. The van der Waals surface area contributed by atoms with Gasteiger partial charge in [-0.05, 0) is 69.9 Å². The second-order valence-corrected chi connectivity index (χ2v) is 7.28. The minimum absolute atomic E-state index is 0.0644. The molecule has 0 aromatic heterocycles. The zero-order valence-electron chi connectivity index (χ0n) is 16.5. The van der Waals surface area contributed by atoms with Crippen LogP contribution in [0.2, 0.25) is 0 Å². The Balaban J connectivity index is 1.82. The van der Waals surface area contributed by atoms with Gasteiger partial charge in [-0.2, -0.15) is 5.10 Å². The van der Waals surface area contributed by atoms with E-state index in [0.717, 1.165) is 42.9 Å². The average molecular weight is 374 g/mol. The summed E-state index contributed by atoms with van der Waals surface area (Å²) in [6, 6.07) is 7.76. The number of ether oxygens (including phenoxy) is 3. The van der Waals surface area contributed by atoms with Crippen LogP contribution >= 0.6 is 0 Å². The van der Waals surface area contributed by atoms with Gasteiger partial charge in [0.2, 0.25) is 0 Å². The van der Waals surface area contributed by atoms with Crippen LogP contribution < -0.4 is 4.74 Å². The first-order chi connectivity index (χ1) is 13.1. The summed E-state index contributed by atoms with van der Waals surface area (Å²) in [5, 5.41) is 6.71. The fraction of sp³-hybridized carbons (Fsp3) is 0.619. The normalized spacial score (nSPS) is 23.1. The number of hydrogen-bond acceptors (Lipinski definition) is 6. The Kier molecular flexibility index (Phi) is 6.72. The molecule has 1 aromatic carbocycles. The van der Waals surface area contributed by atoms with Crippen molar-refractivity contribution in [2.45, 2.75) is 58.8 Å². The SMILES string of the molecule is CCOC(=O)C1CN(C2CCCCCO2)N=C1c1ccc(OC(C)C)cc1. The molecule has 3 rings (SSSR count). The van der Waals surface area contributed by atoms with Gasteiger partial charge in [0, 0.05) is 6.61 Å². The second-order valence-electron chi connectivity index (χ2n) is 7.28. The number of carbonyl (C=O) groups is 1. The minimum atomic E-state index is -0.395. The first kappa shape index (κ1) is 19.7. The summed E-state index contributed by atoms with van der Waals surface area (Å²) in [6.45, 7) is 7.44. The largest absolute Gasteiger partial charge is 0.491 e. The van der Waals surface area contributed by atoms with Gasteiger partial charge in [-0.3, -0.25) is 9.80 Å². The predicted octanol–water partition coefficient (Wildman–Crippen LogP) is 3.59. The van der Waals surface area contributed by atoms with Crippen LogP contribution in [0, 0.1) is 5.92 Å². The van der Waals surface area contributed by atoms with Crippen molar-refractivity contribution in [1.82, 2.24) is 5.01 Å². The van der Waals surface area contributed by atoms with E-state index in [1.165, 1.54) is 6.42 Å². The zero-order valence-corrected chi connectivity index (χ0v) is 16.5. The Bertz CT molecular complexity index is 649. The number of hydrogen-bond donors (Lipinski definition) is 0. The lowest BCUT2D eigenvalue weighted by atomic mass is 9.97. The van der Waals surface area contributed by atoms with Crippen molar-refractivity contribution in [1.29, 1.82) is 0 Å². The number of nitrogens with zero attached hydrogens (tertiary/aromatic N) is 2. The summed E-state index contributed by atoms with van der Waals surface area (Å²) >= 11 is 0. The van der Waals surface area contributed by atoms with Gasteiger partial charge in [0.25, 0.3) is 0 Å². The lowest BCUT2D eigenvalue weighted by Gasteiger charge is -2.25. The quantitative estimate of drug-likeness (QED) is 0.712. The third kappa shape index (κ3) is 5.01. The van der Waals surface area contributed by atoms with Crippen molar-refractivity contribution < 1.29 is 19.0 Å². The molecule has 2 aliphatic heterocycles. The molecule has 0 saturated carbocycles. The van der Waals surface area contributed by atoms with Gasteiger partial charge in [0.1, 0.15) is 17.9 Å². The average Bonchev–Trinajstić information content (AvgIpc) is 2.90. The van der Waals surface area contributed by atoms with E-state index in [1.54, 1.807) is 0 Å². The summed E-state index contributed by atoms with van der Waals surface area (Å²) in [6.07, 6.45) is 4.38. The number of benzene rings is 1. The lowest BCUT2D eigenvalue weighted by Crippen LogP contribution is -2.35. The topological polar surface area (TPSA) is 60.4 Å². The molecule has 1 fully saturated rings. The highest BCUT2D eigenvalue weighted by molar-refractivity contribution is 6.12. The third-order valence-electron chi connectivity index (χ3n) is 4.77. The Morgan fingerprint density at radius 1 is 1.26 bits per heavy atom. The van der Waals surface area contributed by atoms with Crippen molar-refractivity contribution in [2.24, 2.45) is 11.0 Å². The molecule has 0 aliphatic carbocycles.